The van der Waals surface area contributed by atoms with Crippen molar-refractivity contribution in [3.8, 4) is 17.1 Å². The van der Waals surface area contributed by atoms with E-state index < -0.39 is 7.14 Å². The minimum atomic E-state index is -3.26. The molecule has 200 valence electrons. The fraction of sp³-hybridized carbons (Fsp3) is 0.0571. The summed E-state index contributed by atoms with van der Waals surface area (Å²) in [6.07, 6.45) is 0.763. The van der Waals surface area contributed by atoms with Crippen molar-refractivity contribution in [3.63, 3.8) is 0 Å². The number of aromatic nitrogens is 5. The van der Waals surface area contributed by atoms with Gasteiger partial charge < -0.3 is 4.57 Å². The molecule has 6 nitrogen and oxygen atoms in total. The second-order valence-corrected chi connectivity index (χ2v) is 13.4. The van der Waals surface area contributed by atoms with Gasteiger partial charge in [0.1, 0.15) is 17.3 Å². The van der Waals surface area contributed by atoms with E-state index in [0.717, 1.165) is 83.9 Å². The maximum atomic E-state index is 15.7. The van der Waals surface area contributed by atoms with Crippen molar-refractivity contribution in [1.29, 1.82) is 0 Å². The highest BCUT2D eigenvalue weighted by Crippen LogP contribution is 2.50. The summed E-state index contributed by atoms with van der Waals surface area (Å²) in [7, 11) is -3.26. The standard InChI is InChI=1S/C35H24N5OP/c1-2-32-36-27-16-10-18-30-33(27)39(32)29-20-19-22(21-31(29)42(30,41)23-11-4-3-5-12-23)34-37-25-14-7-6-13-24(25)35-38-26-15-8-9-17-28(26)40(34)35/h3-21H,2H2,1H3. The third-order valence-electron chi connectivity index (χ3n) is 8.46. The lowest BCUT2D eigenvalue weighted by molar-refractivity contribution is 0.592. The Morgan fingerprint density at radius 3 is 2.31 bits per heavy atom. The summed E-state index contributed by atoms with van der Waals surface area (Å²) < 4.78 is 20.0. The first-order valence-electron chi connectivity index (χ1n) is 14.1. The Morgan fingerprint density at radius 1 is 0.690 bits per heavy atom. The maximum absolute atomic E-state index is 15.7. The summed E-state index contributed by atoms with van der Waals surface area (Å²) in [5.74, 6) is 1.72. The van der Waals surface area contributed by atoms with E-state index in [1.54, 1.807) is 0 Å². The molecule has 0 saturated carbocycles. The van der Waals surface area contributed by atoms with Gasteiger partial charge in [0, 0.05) is 33.3 Å². The molecule has 0 fully saturated rings. The Hall–Kier alpha value is -5.06. The topological polar surface area (TPSA) is 65.1 Å². The van der Waals surface area contributed by atoms with Crippen molar-refractivity contribution in [3.05, 3.63) is 121 Å². The molecule has 0 N–H and O–H groups in total. The van der Waals surface area contributed by atoms with Gasteiger partial charge in [0.15, 0.2) is 7.14 Å². The fourth-order valence-corrected chi connectivity index (χ4v) is 9.63. The van der Waals surface area contributed by atoms with Crippen LogP contribution in [0.3, 0.4) is 0 Å². The molecule has 42 heavy (non-hydrogen) atoms. The number of para-hydroxylation sites is 4. The molecule has 8 aromatic rings. The molecule has 0 bridgehead atoms. The summed E-state index contributed by atoms with van der Waals surface area (Å²) in [5.41, 5.74) is 7.23. The van der Waals surface area contributed by atoms with Gasteiger partial charge >= 0.3 is 0 Å². The van der Waals surface area contributed by atoms with E-state index in [2.05, 4.69) is 46.2 Å². The summed E-state index contributed by atoms with van der Waals surface area (Å²) >= 11 is 0. The molecule has 1 aliphatic heterocycles. The van der Waals surface area contributed by atoms with Gasteiger partial charge in [-0.1, -0.05) is 67.6 Å². The largest absolute Gasteiger partial charge is 0.308 e. The molecule has 0 radical (unpaired) electrons. The van der Waals surface area contributed by atoms with Gasteiger partial charge in [-0.25, -0.2) is 15.0 Å². The van der Waals surface area contributed by atoms with Crippen molar-refractivity contribution in [2.24, 2.45) is 0 Å². The van der Waals surface area contributed by atoms with Crippen molar-refractivity contribution in [2.75, 3.05) is 0 Å². The molecule has 7 heteroatoms. The smallest absolute Gasteiger partial charge is 0.175 e. The molecule has 1 atom stereocenters. The van der Waals surface area contributed by atoms with Crippen LogP contribution in [0.5, 0.6) is 0 Å². The normalized spacial score (nSPS) is 16.0. The highest BCUT2D eigenvalue weighted by Gasteiger charge is 2.40. The third-order valence-corrected chi connectivity index (χ3v) is 11.6. The van der Waals surface area contributed by atoms with E-state index >= 15 is 4.57 Å². The lowest BCUT2D eigenvalue weighted by Gasteiger charge is -2.29. The molecule has 0 spiro atoms. The summed E-state index contributed by atoms with van der Waals surface area (Å²) in [6.45, 7) is 2.11. The van der Waals surface area contributed by atoms with E-state index in [0.29, 0.717) is 0 Å². The molecule has 5 aromatic carbocycles. The van der Waals surface area contributed by atoms with Gasteiger partial charge in [-0.2, -0.15) is 0 Å². The van der Waals surface area contributed by atoms with Crippen LogP contribution in [0.4, 0.5) is 0 Å². The Bertz CT molecular complexity index is 2440. The zero-order valence-corrected chi connectivity index (χ0v) is 23.7. The molecule has 1 aliphatic rings. The minimum Gasteiger partial charge on any atom is -0.308 e. The van der Waals surface area contributed by atoms with Crippen LogP contribution in [-0.2, 0) is 11.0 Å². The highest BCUT2D eigenvalue weighted by atomic mass is 31.2. The summed E-state index contributed by atoms with van der Waals surface area (Å²) in [5, 5.41) is 3.43. The number of nitrogens with zero attached hydrogens (tertiary/aromatic N) is 5. The predicted molar refractivity (Wildman–Crippen MR) is 170 cm³/mol. The van der Waals surface area contributed by atoms with Gasteiger partial charge in [-0.15, -0.1) is 0 Å². The molecule has 9 rings (SSSR count). The number of fused-ring (bicyclic) bond motifs is 7. The molecule has 3 aromatic heterocycles. The van der Waals surface area contributed by atoms with Crippen LogP contribution >= 0.6 is 7.14 Å². The Kier molecular flexibility index (Phi) is 4.77. The zero-order chi connectivity index (χ0) is 28.0. The van der Waals surface area contributed by atoms with Crippen molar-refractivity contribution in [1.82, 2.24) is 23.9 Å². The number of imidazole rings is 2. The quantitative estimate of drug-likeness (QED) is 0.229. The molecular formula is C35H24N5OP. The van der Waals surface area contributed by atoms with Crippen molar-refractivity contribution >= 4 is 61.7 Å². The fourth-order valence-electron chi connectivity index (χ4n) is 6.60. The first-order valence-corrected chi connectivity index (χ1v) is 15.9. The molecule has 0 amide bonds. The summed E-state index contributed by atoms with van der Waals surface area (Å²) in [6, 6.07) is 38.4. The number of hydrogen-bond acceptors (Lipinski definition) is 4. The van der Waals surface area contributed by atoms with E-state index in [4.69, 9.17) is 15.0 Å². The first-order chi connectivity index (χ1) is 20.7. The zero-order valence-electron chi connectivity index (χ0n) is 22.8. The van der Waals surface area contributed by atoms with Crippen LogP contribution in [0.1, 0.15) is 12.7 Å². The lowest BCUT2D eigenvalue weighted by atomic mass is 10.1. The van der Waals surface area contributed by atoms with Gasteiger partial charge in [0.2, 0.25) is 0 Å². The number of hydrogen-bond donors (Lipinski definition) is 0. The molecular weight excluding hydrogens is 537 g/mol. The molecule has 4 heterocycles. The van der Waals surface area contributed by atoms with Crippen LogP contribution in [0.2, 0.25) is 0 Å². The second-order valence-electron chi connectivity index (χ2n) is 10.7. The van der Waals surface area contributed by atoms with E-state index in [1.807, 2.05) is 84.9 Å². The minimum absolute atomic E-state index is 0.763. The van der Waals surface area contributed by atoms with Crippen molar-refractivity contribution in [2.45, 2.75) is 13.3 Å². The molecule has 1 unspecified atom stereocenters. The summed E-state index contributed by atoms with van der Waals surface area (Å²) in [4.78, 5) is 15.2. The maximum Gasteiger partial charge on any atom is 0.175 e. The molecule has 0 saturated heterocycles. The Balaban J connectivity index is 1.42. The SMILES string of the molecule is CCc1nc2cccc3c2n1-c1ccc(-c2nc4ccccc4c4nc5ccccc5n24)cc1P3(=O)c1ccccc1. The van der Waals surface area contributed by atoms with Crippen LogP contribution in [-0.4, -0.2) is 23.9 Å². The number of benzene rings is 5. The average molecular weight is 562 g/mol. The van der Waals surface area contributed by atoms with Gasteiger partial charge in [0.05, 0.1) is 33.3 Å². The van der Waals surface area contributed by atoms with E-state index in [9.17, 15) is 0 Å². The Labute approximate surface area is 241 Å². The van der Waals surface area contributed by atoms with Crippen LogP contribution < -0.4 is 15.9 Å². The second kappa shape index (κ2) is 8.48. The molecule has 0 aliphatic carbocycles. The highest BCUT2D eigenvalue weighted by molar-refractivity contribution is 7.86. The van der Waals surface area contributed by atoms with Gasteiger partial charge in [-0.3, -0.25) is 8.97 Å². The Morgan fingerprint density at radius 2 is 1.45 bits per heavy atom. The lowest BCUT2D eigenvalue weighted by Crippen LogP contribution is -2.33. The van der Waals surface area contributed by atoms with Crippen molar-refractivity contribution < 1.29 is 4.57 Å². The first kappa shape index (κ1) is 23.6. The van der Waals surface area contributed by atoms with Crippen LogP contribution in [0, 0.1) is 0 Å². The van der Waals surface area contributed by atoms with Crippen LogP contribution in [0.25, 0.3) is 55.7 Å². The monoisotopic (exact) mass is 561 g/mol. The van der Waals surface area contributed by atoms with Gasteiger partial charge in [0.25, 0.3) is 0 Å². The third kappa shape index (κ3) is 2.99. The predicted octanol–water partition coefficient (Wildman–Crippen LogP) is 6.56. The van der Waals surface area contributed by atoms with Crippen LogP contribution in [0.15, 0.2) is 115 Å². The van der Waals surface area contributed by atoms with E-state index in [1.165, 1.54) is 0 Å². The number of aryl methyl sites for hydroxylation is 1. The van der Waals surface area contributed by atoms with E-state index in [-0.39, 0.29) is 0 Å². The number of rotatable bonds is 3. The average Bonchev–Trinajstić information content (AvgIpc) is 3.63. The van der Waals surface area contributed by atoms with Gasteiger partial charge in [-0.05, 0) is 54.6 Å².